The summed E-state index contributed by atoms with van der Waals surface area (Å²) < 4.78 is 6.89. The minimum absolute atomic E-state index is 0.0647. The number of amides is 1. The number of allylic oxidation sites excluding steroid dienone is 2. The average molecular weight is 609 g/mol. The molecule has 0 atom stereocenters. The van der Waals surface area contributed by atoms with Crippen molar-refractivity contribution in [2.45, 2.75) is 39.3 Å². The van der Waals surface area contributed by atoms with Gasteiger partial charge in [0.15, 0.2) is 0 Å². The maximum atomic E-state index is 13.1. The number of fused-ring (bicyclic) bond motifs is 1. The SMILES string of the molecule is C=CC=C.Cc1ccc(CCc2c(-c3ccc[nH]c3=O)n(CCC(=N)N)c3ccc(C(=O)NCc4ccon4)cc23)cc1.NN. The van der Waals surface area contributed by atoms with E-state index in [1.807, 2.05) is 16.7 Å². The number of rotatable bonds is 11. The minimum atomic E-state index is -0.236. The van der Waals surface area contributed by atoms with Crippen molar-refractivity contribution in [3.8, 4) is 11.3 Å². The first-order valence-corrected chi connectivity index (χ1v) is 14.3. The number of hydrogen-bond donors (Lipinski definition) is 6. The zero-order valence-electron chi connectivity index (χ0n) is 25.4. The number of hydrogen-bond acceptors (Lipinski definition) is 7. The molecule has 9 N–H and O–H groups in total. The van der Waals surface area contributed by atoms with Crippen LogP contribution in [0.2, 0.25) is 0 Å². The summed E-state index contributed by atoms with van der Waals surface area (Å²) in [5.41, 5.74) is 12.2. The maximum absolute atomic E-state index is 13.1. The zero-order valence-corrected chi connectivity index (χ0v) is 25.4. The third-order valence-electron chi connectivity index (χ3n) is 6.98. The smallest absolute Gasteiger partial charge is 0.257 e. The predicted octanol–water partition coefficient (Wildman–Crippen LogP) is 4.51. The molecule has 11 nitrogen and oxygen atoms in total. The normalized spacial score (nSPS) is 10.2. The Morgan fingerprint density at radius 1 is 1.09 bits per heavy atom. The largest absolute Gasteiger partial charge is 0.388 e. The Morgan fingerprint density at radius 3 is 2.44 bits per heavy atom. The number of carbonyl (C=O) groups excluding carboxylic acids is 1. The third kappa shape index (κ3) is 8.99. The van der Waals surface area contributed by atoms with E-state index in [4.69, 9.17) is 15.7 Å². The third-order valence-corrected chi connectivity index (χ3v) is 6.98. The van der Waals surface area contributed by atoms with Gasteiger partial charge in [0.25, 0.3) is 11.5 Å². The van der Waals surface area contributed by atoms with Gasteiger partial charge in [-0.15, -0.1) is 0 Å². The quantitative estimate of drug-likeness (QED) is 0.0417. The number of benzene rings is 2. The Morgan fingerprint density at radius 2 is 1.82 bits per heavy atom. The van der Waals surface area contributed by atoms with E-state index in [0.29, 0.717) is 36.2 Å². The van der Waals surface area contributed by atoms with Gasteiger partial charge in [-0.3, -0.25) is 26.7 Å². The standard InChI is InChI=1S/C30H30N6O3.C4H6.H4N2/c1-19-4-6-20(7-5-19)8-10-23-25-17-21(29(37)34-18-22-13-16-39-35-22)9-11-26(25)36(15-12-27(31)32)28(23)24-3-2-14-33-30(24)38;1-3-4-2;1-2/h2-7,9,11,13-14,16-17H,8,10,12,15,18H2,1H3,(H3,31,32)(H,33,38)(H,34,37);3-4H,1-2H2;1-2H2. The molecule has 45 heavy (non-hydrogen) atoms. The van der Waals surface area contributed by atoms with Gasteiger partial charge in [-0.2, -0.15) is 0 Å². The molecule has 0 fully saturated rings. The molecule has 0 spiro atoms. The van der Waals surface area contributed by atoms with Crippen LogP contribution in [-0.2, 0) is 25.9 Å². The lowest BCUT2D eigenvalue weighted by molar-refractivity contribution is 0.0950. The molecule has 11 heteroatoms. The van der Waals surface area contributed by atoms with Gasteiger partial charge in [-0.25, -0.2) is 0 Å². The fraction of sp³-hybridized carbons (Fsp3) is 0.176. The van der Waals surface area contributed by atoms with E-state index < -0.39 is 0 Å². The van der Waals surface area contributed by atoms with Crippen LogP contribution >= 0.6 is 0 Å². The van der Waals surface area contributed by atoms with Crippen LogP contribution in [-0.4, -0.2) is 26.5 Å². The molecule has 0 aliphatic rings. The number of aromatic amines is 1. The molecule has 0 unspecified atom stereocenters. The fourth-order valence-corrected chi connectivity index (χ4v) is 4.82. The van der Waals surface area contributed by atoms with E-state index in [1.54, 1.807) is 42.6 Å². The lowest BCUT2D eigenvalue weighted by Gasteiger charge is -2.12. The van der Waals surface area contributed by atoms with E-state index in [0.717, 1.165) is 28.6 Å². The summed E-state index contributed by atoms with van der Waals surface area (Å²) in [6.45, 7) is 9.46. The second kappa shape index (κ2) is 16.9. The number of nitrogens with two attached hydrogens (primary N) is 3. The van der Waals surface area contributed by atoms with Gasteiger partial charge in [0.05, 0.1) is 23.6 Å². The highest BCUT2D eigenvalue weighted by atomic mass is 16.5. The molecule has 0 aliphatic carbocycles. The van der Waals surface area contributed by atoms with Crippen molar-refractivity contribution < 1.29 is 9.32 Å². The molecular weight excluding hydrogens is 568 g/mol. The van der Waals surface area contributed by atoms with Gasteiger partial charge in [0, 0.05) is 41.7 Å². The van der Waals surface area contributed by atoms with Crippen LogP contribution in [0.15, 0.2) is 108 Å². The second-order valence-corrected chi connectivity index (χ2v) is 10.0. The molecule has 0 bridgehead atoms. The van der Waals surface area contributed by atoms with E-state index >= 15 is 0 Å². The lowest BCUT2D eigenvalue weighted by Crippen LogP contribution is -2.22. The van der Waals surface area contributed by atoms with E-state index in [1.165, 1.54) is 17.4 Å². The molecule has 1 amide bonds. The lowest BCUT2D eigenvalue weighted by atomic mass is 9.97. The van der Waals surface area contributed by atoms with Crippen LogP contribution in [0.3, 0.4) is 0 Å². The summed E-state index contributed by atoms with van der Waals surface area (Å²) in [6.07, 6.45) is 8.09. The average Bonchev–Trinajstić information content (AvgIpc) is 3.69. The molecule has 0 aliphatic heterocycles. The predicted molar refractivity (Wildman–Crippen MR) is 180 cm³/mol. The first kappa shape index (κ1) is 34.0. The summed E-state index contributed by atoms with van der Waals surface area (Å²) in [5.74, 6) is 7.83. The van der Waals surface area contributed by atoms with Gasteiger partial charge >= 0.3 is 0 Å². The molecule has 5 rings (SSSR count). The van der Waals surface area contributed by atoms with E-state index in [9.17, 15) is 9.59 Å². The zero-order chi connectivity index (χ0) is 32.8. The van der Waals surface area contributed by atoms with Crippen molar-refractivity contribution in [1.29, 1.82) is 5.41 Å². The first-order chi connectivity index (χ1) is 21.8. The van der Waals surface area contributed by atoms with Gasteiger partial charge in [-0.1, -0.05) is 60.3 Å². The number of hydrazine groups is 1. The number of nitrogens with zero attached hydrogens (tertiary/aromatic N) is 2. The van der Waals surface area contributed by atoms with Crippen molar-refractivity contribution in [2.24, 2.45) is 17.4 Å². The van der Waals surface area contributed by atoms with Crippen molar-refractivity contribution in [2.75, 3.05) is 0 Å². The van der Waals surface area contributed by atoms with Crippen LogP contribution < -0.4 is 28.3 Å². The van der Waals surface area contributed by atoms with Gasteiger partial charge < -0.3 is 25.1 Å². The Bertz CT molecular complexity index is 1780. The molecule has 0 saturated carbocycles. The molecule has 3 heterocycles. The molecule has 234 valence electrons. The number of pyridine rings is 1. The summed E-state index contributed by atoms with van der Waals surface area (Å²) in [6, 6.07) is 19.3. The molecule has 0 saturated heterocycles. The number of aryl methyl sites for hydroxylation is 4. The highest BCUT2D eigenvalue weighted by Gasteiger charge is 2.22. The summed E-state index contributed by atoms with van der Waals surface area (Å²) in [7, 11) is 0. The Hall–Kier alpha value is -5.52. The summed E-state index contributed by atoms with van der Waals surface area (Å²) >= 11 is 0. The van der Waals surface area contributed by atoms with E-state index in [-0.39, 0.29) is 23.8 Å². The van der Waals surface area contributed by atoms with E-state index in [2.05, 4.69) is 71.5 Å². The number of nitrogens with one attached hydrogen (secondary N) is 3. The summed E-state index contributed by atoms with van der Waals surface area (Å²) in [4.78, 5) is 28.9. The summed E-state index contributed by atoms with van der Waals surface area (Å²) in [5, 5.41) is 15.4. The topological polar surface area (TPSA) is 195 Å². The van der Waals surface area contributed by atoms with Crippen molar-refractivity contribution >= 4 is 22.6 Å². The van der Waals surface area contributed by atoms with Crippen LogP contribution in [0.4, 0.5) is 0 Å². The van der Waals surface area contributed by atoms with Crippen LogP contribution in [0, 0.1) is 12.3 Å². The highest BCUT2D eigenvalue weighted by molar-refractivity contribution is 6.01. The van der Waals surface area contributed by atoms with Gasteiger partial charge in [0.2, 0.25) is 0 Å². The fourth-order valence-electron chi connectivity index (χ4n) is 4.82. The number of H-pyrrole nitrogens is 1. The first-order valence-electron chi connectivity index (χ1n) is 14.3. The van der Waals surface area contributed by atoms with Crippen molar-refractivity contribution in [3.05, 3.63) is 137 Å². The minimum Gasteiger partial charge on any atom is -0.388 e. The van der Waals surface area contributed by atoms with Crippen LogP contribution in [0.25, 0.3) is 22.2 Å². The monoisotopic (exact) mass is 608 g/mol. The van der Waals surface area contributed by atoms with Crippen molar-refractivity contribution in [1.82, 2.24) is 20.0 Å². The second-order valence-electron chi connectivity index (χ2n) is 10.0. The molecule has 2 aromatic carbocycles. The maximum Gasteiger partial charge on any atom is 0.257 e. The van der Waals surface area contributed by atoms with Gasteiger partial charge in [0.1, 0.15) is 12.0 Å². The Labute approximate surface area is 261 Å². The number of aromatic nitrogens is 3. The number of carbonyl (C=O) groups is 1. The molecule has 5 aromatic rings. The van der Waals surface area contributed by atoms with Gasteiger partial charge in [-0.05, 0) is 61.2 Å². The highest BCUT2D eigenvalue weighted by Crippen LogP contribution is 2.34. The Kier molecular flexibility index (Phi) is 12.8. The Balaban J connectivity index is 0.000000853. The molecular formula is C34H40N8O3. The number of amidine groups is 1. The van der Waals surface area contributed by atoms with Crippen LogP contribution in [0.5, 0.6) is 0 Å². The van der Waals surface area contributed by atoms with Crippen LogP contribution in [0.1, 0.15) is 39.2 Å². The molecule has 3 aromatic heterocycles. The molecule has 0 radical (unpaired) electrons. The van der Waals surface area contributed by atoms with Crippen molar-refractivity contribution in [3.63, 3.8) is 0 Å².